The predicted molar refractivity (Wildman–Crippen MR) is 100.0 cm³/mol. The highest BCUT2D eigenvalue weighted by Crippen LogP contribution is 2.31. The lowest BCUT2D eigenvalue weighted by atomic mass is 10.1. The lowest BCUT2D eigenvalue weighted by Gasteiger charge is -2.35. The zero-order chi connectivity index (χ0) is 21.0. The minimum absolute atomic E-state index is 0.0394. The average molecular weight is 429 g/mol. The smallest absolute Gasteiger partial charge is 0.416 e. The van der Waals surface area contributed by atoms with Crippen LogP contribution in [-0.2, 0) is 15.7 Å². The van der Waals surface area contributed by atoms with E-state index in [-0.39, 0.29) is 22.6 Å². The van der Waals surface area contributed by atoms with Crippen LogP contribution in [-0.4, -0.2) is 66.8 Å². The summed E-state index contributed by atoms with van der Waals surface area (Å²) in [6.45, 7) is 2.14. The van der Waals surface area contributed by atoms with Crippen molar-refractivity contribution in [1.29, 1.82) is 0 Å². The van der Waals surface area contributed by atoms with Crippen LogP contribution < -0.4 is 10.2 Å². The van der Waals surface area contributed by atoms with Gasteiger partial charge in [-0.1, -0.05) is 17.4 Å². The highest BCUT2D eigenvalue weighted by molar-refractivity contribution is 7.17. The van der Waals surface area contributed by atoms with Crippen molar-refractivity contribution in [3.63, 3.8) is 0 Å². The zero-order valence-corrected chi connectivity index (χ0v) is 16.2. The number of anilines is 2. The van der Waals surface area contributed by atoms with E-state index < -0.39 is 17.7 Å². The Labute approximate surface area is 168 Å². The molecule has 8 nitrogen and oxygen atoms in total. The first kappa shape index (κ1) is 21.0. The molecule has 29 heavy (non-hydrogen) atoms. The van der Waals surface area contributed by atoms with Crippen LogP contribution >= 0.6 is 11.3 Å². The normalized spacial score (nSPS) is 15.2. The molecule has 0 radical (unpaired) electrons. The van der Waals surface area contributed by atoms with Crippen molar-refractivity contribution in [2.24, 2.45) is 0 Å². The van der Waals surface area contributed by atoms with E-state index in [1.54, 1.807) is 6.07 Å². The Morgan fingerprint density at radius 1 is 1.21 bits per heavy atom. The molecule has 0 saturated carbocycles. The lowest BCUT2D eigenvalue weighted by molar-refractivity contribution is -0.137. The molecular formula is C17H18F3N5O3S. The summed E-state index contributed by atoms with van der Waals surface area (Å²) in [6, 6.07) is 5.22. The summed E-state index contributed by atoms with van der Waals surface area (Å²) in [5.74, 6) is -0.946. The van der Waals surface area contributed by atoms with Crippen LogP contribution in [0.5, 0.6) is 0 Å². The number of amides is 1. The maximum absolute atomic E-state index is 12.9. The van der Waals surface area contributed by atoms with Crippen LogP contribution in [0.15, 0.2) is 24.3 Å². The van der Waals surface area contributed by atoms with Crippen LogP contribution in [0.4, 0.5) is 24.0 Å². The van der Waals surface area contributed by atoms with Gasteiger partial charge in [-0.2, -0.15) is 13.2 Å². The predicted octanol–water partition coefficient (Wildman–Crippen LogP) is 2.10. The molecule has 1 amide bonds. The number of halogens is 3. The number of hydrogen-bond acceptors (Lipinski definition) is 8. The monoisotopic (exact) mass is 429 g/mol. The van der Waals surface area contributed by atoms with Gasteiger partial charge in [0.1, 0.15) is 0 Å². The molecule has 1 aromatic carbocycles. The van der Waals surface area contributed by atoms with Gasteiger partial charge in [0.15, 0.2) is 0 Å². The van der Waals surface area contributed by atoms with E-state index in [1.165, 1.54) is 13.2 Å². The summed E-state index contributed by atoms with van der Waals surface area (Å²) in [5, 5.41) is 10.2. The Balaban J connectivity index is 1.50. The molecule has 12 heteroatoms. The van der Waals surface area contributed by atoms with Gasteiger partial charge in [-0.05, 0) is 18.2 Å². The van der Waals surface area contributed by atoms with Crippen LogP contribution in [0.3, 0.4) is 0 Å². The second-order valence-electron chi connectivity index (χ2n) is 6.26. The number of carbonyl (C=O) groups excluding carboxylic acids is 2. The van der Waals surface area contributed by atoms with Crippen LogP contribution in [0.25, 0.3) is 0 Å². The number of alkyl halides is 3. The Bertz CT molecular complexity index is 881. The molecule has 0 unspecified atom stereocenters. The van der Waals surface area contributed by atoms with Gasteiger partial charge in [0, 0.05) is 31.9 Å². The standard InChI is InChI=1S/C17H18F3N5O3S/c1-28-15(27)14-22-23-16(29-14)21-13(26)10-24-5-7-25(8-6-24)12-4-2-3-11(9-12)17(18,19)20/h2-4,9H,5-8,10H2,1H3,(H,21,23,26). The van der Waals surface area contributed by atoms with Crippen molar-refractivity contribution >= 4 is 34.0 Å². The molecular weight excluding hydrogens is 411 g/mol. The molecule has 156 valence electrons. The minimum atomic E-state index is -4.38. The highest BCUT2D eigenvalue weighted by atomic mass is 32.1. The lowest BCUT2D eigenvalue weighted by Crippen LogP contribution is -2.48. The SMILES string of the molecule is COC(=O)c1nnc(NC(=O)CN2CCN(c3cccc(C(F)(F)F)c3)CC2)s1. The van der Waals surface area contributed by atoms with Crippen molar-refractivity contribution in [1.82, 2.24) is 15.1 Å². The average Bonchev–Trinajstić information content (AvgIpc) is 3.15. The molecule has 2 heterocycles. The topological polar surface area (TPSA) is 87.7 Å². The van der Waals surface area contributed by atoms with Crippen molar-refractivity contribution in [3.05, 3.63) is 34.8 Å². The number of ether oxygens (including phenoxy) is 1. The summed E-state index contributed by atoms with van der Waals surface area (Å²) in [5.41, 5.74) is -0.173. The van der Waals surface area contributed by atoms with E-state index in [2.05, 4.69) is 20.3 Å². The number of carbonyl (C=O) groups is 2. The number of methoxy groups -OCH3 is 1. The summed E-state index contributed by atoms with van der Waals surface area (Å²) in [6.07, 6.45) is -4.38. The quantitative estimate of drug-likeness (QED) is 0.729. The van der Waals surface area contributed by atoms with Crippen LogP contribution in [0, 0.1) is 0 Å². The summed E-state index contributed by atoms with van der Waals surface area (Å²) < 4.78 is 43.2. The number of nitrogens with one attached hydrogen (secondary N) is 1. The summed E-state index contributed by atoms with van der Waals surface area (Å²) in [4.78, 5) is 27.3. The maximum atomic E-state index is 12.9. The number of aromatic nitrogens is 2. The molecule has 0 atom stereocenters. The number of piperazine rings is 1. The molecule has 0 spiro atoms. The zero-order valence-electron chi connectivity index (χ0n) is 15.4. The van der Waals surface area contributed by atoms with Crippen LogP contribution in [0.1, 0.15) is 15.4 Å². The van der Waals surface area contributed by atoms with E-state index >= 15 is 0 Å². The van der Waals surface area contributed by atoms with Crippen LogP contribution in [0.2, 0.25) is 0 Å². The van der Waals surface area contributed by atoms with E-state index in [4.69, 9.17) is 0 Å². The summed E-state index contributed by atoms with van der Waals surface area (Å²) in [7, 11) is 1.22. The van der Waals surface area contributed by atoms with Gasteiger partial charge in [-0.15, -0.1) is 10.2 Å². The van der Waals surface area contributed by atoms with Gasteiger partial charge in [-0.3, -0.25) is 15.0 Å². The third-order valence-corrected chi connectivity index (χ3v) is 5.13. The minimum Gasteiger partial charge on any atom is -0.464 e. The van der Waals surface area contributed by atoms with E-state index in [9.17, 15) is 22.8 Å². The number of esters is 1. The molecule has 1 aliphatic rings. The molecule has 1 N–H and O–H groups in total. The van der Waals surface area contributed by atoms with Crippen molar-refractivity contribution in [3.8, 4) is 0 Å². The van der Waals surface area contributed by atoms with E-state index in [0.717, 1.165) is 23.5 Å². The van der Waals surface area contributed by atoms with E-state index in [1.807, 2.05) is 9.80 Å². The second-order valence-corrected chi connectivity index (χ2v) is 7.24. The van der Waals surface area contributed by atoms with E-state index in [0.29, 0.717) is 31.9 Å². The molecule has 0 bridgehead atoms. The maximum Gasteiger partial charge on any atom is 0.416 e. The Morgan fingerprint density at radius 2 is 1.93 bits per heavy atom. The Morgan fingerprint density at radius 3 is 2.59 bits per heavy atom. The third-order valence-electron chi connectivity index (χ3n) is 4.31. The number of hydrogen-bond donors (Lipinski definition) is 1. The molecule has 2 aromatic rings. The number of benzene rings is 1. The van der Waals surface area contributed by atoms with Gasteiger partial charge >= 0.3 is 12.1 Å². The van der Waals surface area contributed by atoms with Gasteiger partial charge in [0.25, 0.3) is 0 Å². The Hall–Kier alpha value is -2.73. The first-order valence-corrected chi connectivity index (χ1v) is 9.44. The highest BCUT2D eigenvalue weighted by Gasteiger charge is 2.31. The van der Waals surface area contributed by atoms with Crippen molar-refractivity contribution in [2.75, 3.05) is 50.1 Å². The molecule has 0 aliphatic carbocycles. The van der Waals surface area contributed by atoms with Gasteiger partial charge in [0.05, 0.1) is 19.2 Å². The van der Waals surface area contributed by atoms with Gasteiger partial charge < -0.3 is 9.64 Å². The third kappa shape index (κ3) is 5.41. The van der Waals surface area contributed by atoms with Crippen molar-refractivity contribution < 1.29 is 27.5 Å². The Kier molecular flexibility index (Phi) is 6.33. The molecule has 1 fully saturated rings. The second kappa shape index (κ2) is 8.74. The first-order chi connectivity index (χ1) is 13.8. The number of rotatable bonds is 5. The first-order valence-electron chi connectivity index (χ1n) is 8.62. The van der Waals surface area contributed by atoms with Gasteiger partial charge in [-0.25, -0.2) is 4.79 Å². The molecule has 3 rings (SSSR count). The molecule has 1 aromatic heterocycles. The van der Waals surface area contributed by atoms with Gasteiger partial charge in [0.2, 0.25) is 16.0 Å². The fourth-order valence-electron chi connectivity index (χ4n) is 2.85. The summed E-state index contributed by atoms with van der Waals surface area (Å²) >= 11 is 0.910. The largest absolute Gasteiger partial charge is 0.464 e. The number of nitrogens with zero attached hydrogens (tertiary/aromatic N) is 4. The van der Waals surface area contributed by atoms with Crippen molar-refractivity contribution in [2.45, 2.75) is 6.18 Å². The molecule has 1 aliphatic heterocycles. The fraction of sp³-hybridized carbons (Fsp3) is 0.412. The fourth-order valence-corrected chi connectivity index (χ4v) is 3.53. The molecule has 1 saturated heterocycles.